The molecule has 148 valence electrons. The van der Waals surface area contributed by atoms with Crippen LogP contribution >= 0.6 is 11.6 Å². The van der Waals surface area contributed by atoms with Gasteiger partial charge in [0.2, 0.25) is 5.91 Å². The van der Waals surface area contributed by atoms with Gasteiger partial charge in [0.15, 0.2) is 0 Å². The van der Waals surface area contributed by atoms with Crippen molar-refractivity contribution in [2.24, 2.45) is 5.73 Å². The van der Waals surface area contributed by atoms with Crippen LogP contribution in [0.1, 0.15) is 16.9 Å². The summed E-state index contributed by atoms with van der Waals surface area (Å²) in [6.07, 6.45) is 1.26. The molecule has 0 bridgehead atoms. The maximum Gasteiger partial charge on any atom is 0.272 e. The molecule has 0 radical (unpaired) electrons. The second-order valence-electron chi connectivity index (χ2n) is 6.51. The molecule has 1 aliphatic heterocycles. The molecule has 0 unspecified atom stereocenters. The van der Waals surface area contributed by atoms with Crippen LogP contribution in [0.2, 0.25) is 5.02 Å². The summed E-state index contributed by atoms with van der Waals surface area (Å²) in [6.45, 7) is 0.610. The van der Waals surface area contributed by atoms with Crippen LogP contribution in [0.4, 0.5) is 4.39 Å². The molecule has 2 amide bonds. The minimum Gasteiger partial charge on any atom is -0.490 e. The summed E-state index contributed by atoms with van der Waals surface area (Å²) in [5.41, 5.74) is 4.52. The molecule has 1 atom stereocenters. The van der Waals surface area contributed by atoms with E-state index in [2.05, 4.69) is 4.98 Å². The van der Waals surface area contributed by atoms with Crippen LogP contribution in [0.5, 0.6) is 5.75 Å². The van der Waals surface area contributed by atoms with Crippen LogP contribution < -0.4 is 10.5 Å². The number of carbonyl (C=O) groups is 2. The number of primary amides is 1. The molecule has 1 saturated heterocycles. The Balaban J connectivity index is 1.75. The molecule has 7 nitrogen and oxygen atoms in total. The number of morpholine rings is 1. The van der Waals surface area contributed by atoms with Crippen LogP contribution in [0, 0.1) is 5.82 Å². The first-order valence-corrected chi connectivity index (χ1v) is 8.96. The maximum absolute atomic E-state index is 13.1. The van der Waals surface area contributed by atoms with Crippen molar-refractivity contribution in [3.63, 3.8) is 0 Å². The predicted molar refractivity (Wildman–Crippen MR) is 99.5 cm³/mol. The van der Waals surface area contributed by atoms with Crippen molar-refractivity contribution >= 4 is 23.4 Å². The molecule has 0 spiro atoms. The number of pyridine rings is 1. The fraction of sp³-hybridized carbons (Fsp3) is 0.316. The number of ether oxygens (including phenoxy) is 2. The van der Waals surface area contributed by atoms with Crippen LogP contribution in [0.3, 0.4) is 0 Å². The molecule has 0 saturated carbocycles. The second-order valence-corrected chi connectivity index (χ2v) is 6.94. The number of carbonyl (C=O) groups excluding carboxylic acids is 2. The molecule has 2 heterocycles. The first kappa shape index (κ1) is 20.0. The van der Waals surface area contributed by atoms with E-state index in [1.807, 2.05) is 0 Å². The number of amides is 2. The largest absolute Gasteiger partial charge is 0.490 e. The molecule has 28 heavy (non-hydrogen) atoms. The number of hydrogen-bond acceptors (Lipinski definition) is 5. The van der Waals surface area contributed by atoms with Gasteiger partial charge in [0.25, 0.3) is 5.91 Å². The Kier molecular flexibility index (Phi) is 6.11. The van der Waals surface area contributed by atoms with E-state index in [-0.39, 0.29) is 43.6 Å². The lowest BCUT2D eigenvalue weighted by molar-refractivity contribution is -0.142. The lowest BCUT2D eigenvalue weighted by Crippen LogP contribution is -2.58. The molecule has 0 aliphatic carbocycles. The Hall–Kier alpha value is -2.71. The number of benzene rings is 1. The zero-order chi connectivity index (χ0) is 20.1. The number of halogens is 2. The van der Waals surface area contributed by atoms with Gasteiger partial charge in [-0.2, -0.15) is 0 Å². The number of nitrogens with zero attached hydrogens (tertiary/aromatic N) is 2. The van der Waals surface area contributed by atoms with E-state index in [1.54, 1.807) is 6.07 Å². The molecule has 2 aromatic rings. The average molecular weight is 408 g/mol. The smallest absolute Gasteiger partial charge is 0.272 e. The third-order valence-electron chi connectivity index (χ3n) is 4.29. The van der Waals surface area contributed by atoms with E-state index in [4.69, 9.17) is 26.8 Å². The Morgan fingerprint density at radius 3 is 2.68 bits per heavy atom. The van der Waals surface area contributed by atoms with Gasteiger partial charge in [0, 0.05) is 12.7 Å². The van der Waals surface area contributed by atoms with E-state index in [9.17, 15) is 14.0 Å². The van der Waals surface area contributed by atoms with Crippen molar-refractivity contribution < 1.29 is 23.5 Å². The molecule has 2 N–H and O–H groups in total. The summed E-state index contributed by atoms with van der Waals surface area (Å²) >= 11 is 5.82. The van der Waals surface area contributed by atoms with Gasteiger partial charge >= 0.3 is 0 Å². The average Bonchev–Trinajstić information content (AvgIpc) is 2.67. The first-order valence-electron chi connectivity index (χ1n) is 8.58. The van der Waals surface area contributed by atoms with Gasteiger partial charge in [-0.1, -0.05) is 11.6 Å². The summed E-state index contributed by atoms with van der Waals surface area (Å²) in [4.78, 5) is 30.0. The summed E-state index contributed by atoms with van der Waals surface area (Å²) in [6, 6.07) is 8.58. The molecule has 1 aromatic heterocycles. The van der Waals surface area contributed by atoms with E-state index >= 15 is 0 Å². The fourth-order valence-corrected chi connectivity index (χ4v) is 3.10. The molecular formula is C19H19ClFN3O4. The fourth-order valence-electron chi connectivity index (χ4n) is 2.99. The van der Waals surface area contributed by atoms with Crippen molar-refractivity contribution in [3.05, 3.63) is 59.1 Å². The van der Waals surface area contributed by atoms with Crippen molar-refractivity contribution in [1.82, 2.24) is 9.88 Å². The standard InChI is InChI=1S/C19H19ClFN3O4/c20-13-1-6-16(23-10-13)18(26)24-7-8-28-19(11-24,9-17(22)25)12-27-15-4-2-14(21)3-5-15/h1-6,10H,7-9,11-12H2,(H2,22,25)/t19-/m0/s1. The highest BCUT2D eigenvalue weighted by molar-refractivity contribution is 6.30. The third-order valence-corrected chi connectivity index (χ3v) is 4.52. The minimum atomic E-state index is -1.11. The summed E-state index contributed by atoms with van der Waals surface area (Å²) in [7, 11) is 0. The third kappa shape index (κ3) is 4.96. The van der Waals surface area contributed by atoms with E-state index in [1.165, 1.54) is 41.4 Å². The van der Waals surface area contributed by atoms with Crippen molar-refractivity contribution in [2.75, 3.05) is 26.3 Å². The Morgan fingerprint density at radius 2 is 2.04 bits per heavy atom. The molecular weight excluding hydrogens is 389 g/mol. The van der Waals surface area contributed by atoms with Gasteiger partial charge in [-0.15, -0.1) is 0 Å². The molecule has 1 aliphatic rings. The van der Waals surface area contributed by atoms with Gasteiger partial charge in [-0.3, -0.25) is 9.59 Å². The van der Waals surface area contributed by atoms with E-state index in [0.717, 1.165) is 0 Å². The van der Waals surface area contributed by atoms with Crippen LogP contribution in [-0.2, 0) is 9.53 Å². The predicted octanol–water partition coefficient (Wildman–Crippen LogP) is 2.04. The topological polar surface area (TPSA) is 94.8 Å². The molecule has 1 fully saturated rings. The quantitative estimate of drug-likeness (QED) is 0.790. The van der Waals surface area contributed by atoms with Crippen molar-refractivity contribution in [2.45, 2.75) is 12.0 Å². The second kappa shape index (κ2) is 8.53. The number of rotatable bonds is 6. The van der Waals surface area contributed by atoms with Gasteiger partial charge in [-0.25, -0.2) is 9.37 Å². The zero-order valence-electron chi connectivity index (χ0n) is 14.9. The normalized spacial score (nSPS) is 19.3. The highest BCUT2D eigenvalue weighted by Gasteiger charge is 2.41. The van der Waals surface area contributed by atoms with Crippen LogP contribution in [0.15, 0.2) is 42.6 Å². The molecule has 1 aromatic carbocycles. The first-order chi connectivity index (χ1) is 13.4. The van der Waals surface area contributed by atoms with E-state index in [0.29, 0.717) is 17.3 Å². The maximum atomic E-state index is 13.1. The van der Waals surface area contributed by atoms with Gasteiger partial charge in [0.1, 0.15) is 29.5 Å². The van der Waals surface area contributed by atoms with E-state index < -0.39 is 11.5 Å². The van der Waals surface area contributed by atoms with Crippen molar-refractivity contribution in [1.29, 1.82) is 0 Å². The zero-order valence-corrected chi connectivity index (χ0v) is 15.7. The number of nitrogens with two attached hydrogens (primary N) is 1. The monoisotopic (exact) mass is 407 g/mol. The molecule has 3 rings (SSSR count). The highest BCUT2D eigenvalue weighted by Crippen LogP contribution is 2.25. The van der Waals surface area contributed by atoms with Crippen molar-refractivity contribution in [3.8, 4) is 5.75 Å². The minimum absolute atomic E-state index is 0.0284. The van der Waals surface area contributed by atoms with Crippen LogP contribution in [-0.4, -0.2) is 53.6 Å². The van der Waals surface area contributed by atoms with Crippen LogP contribution in [0.25, 0.3) is 0 Å². The number of hydrogen-bond donors (Lipinski definition) is 1. The summed E-state index contributed by atoms with van der Waals surface area (Å²) in [5.74, 6) is -0.866. The summed E-state index contributed by atoms with van der Waals surface area (Å²) < 4.78 is 24.6. The lowest BCUT2D eigenvalue weighted by Gasteiger charge is -2.41. The Bertz CT molecular complexity index is 847. The SMILES string of the molecule is NC(=O)C[C@@]1(COc2ccc(F)cc2)CN(C(=O)c2ccc(Cl)cn2)CCO1. The summed E-state index contributed by atoms with van der Waals surface area (Å²) in [5, 5.41) is 0.425. The lowest BCUT2D eigenvalue weighted by atomic mass is 9.97. The van der Waals surface area contributed by atoms with Gasteiger partial charge in [0.05, 0.1) is 24.6 Å². The Morgan fingerprint density at radius 1 is 1.29 bits per heavy atom. The Labute approximate surface area is 166 Å². The number of aromatic nitrogens is 1. The molecule has 9 heteroatoms. The highest BCUT2D eigenvalue weighted by atomic mass is 35.5. The van der Waals surface area contributed by atoms with Gasteiger partial charge in [-0.05, 0) is 36.4 Å². The van der Waals surface area contributed by atoms with Gasteiger partial charge < -0.3 is 20.1 Å².